The number of carbonyl (C=O) groups is 1. The lowest BCUT2D eigenvalue weighted by Crippen LogP contribution is -2.23. The minimum absolute atomic E-state index is 0.375. The van der Waals surface area contributed by atoms with Crippen molar-refractivity contribution in [3.8, 4) is 0 Å². The van der Waals surface area contributed by atoms with Crippen molar-refractivity contribution in [3.63, 3.8) is 0 Å². The number of aryl methyl sites for hydroxylation is 1. The van der Waals surface area contributed by atoms with Crippen LogP contribution in [0, 0.1) is 0 Å². The van der Waals surface area contributed by atoms with Crippen LogP contribution in [-0.2, 0) is 13.0 Å². The topological polar surface area (TPSA) is 55.1 Å². The van der Waals surface area contributed by atoms with Gasteiger partial charge in [0.15, 0.2) is 0 Å². The Morgan fingerprint density at radius 1 is 1.30 bits per heavy atom. The van der Waals surface area contributed by atoms with Gasteiger partial charge in [-0.05, 0) is 54.0 Å². The molecule has 0 radical (unpaired) electrons. The normalized spacial score (nSPS) is 17.7. The number of hydrogen-bond donors (Lipinski definition) is 2. The summed E-state index contributed by atoms with van der Waals surface area (Å²) in [5, 5.41) is 5.81. The lowest BCUT2D eigenvalue weighted by molar-refractivity contribution is 0.100. The summed E-state index contributed by atoms with van der Waals surface area (Å²) in [6.45, 7) is 0.818. The highest BCUT2D eigenvalue weighted by Gasteiger charge is 2.20. The van der Waals surface area contributed by atoms with E-state index in [-0.39, 0.29) is 5.91 Å². The van der Waals surface area contributed by atoms with E-state index in [1.54, 1.807) is 12.1 Å². The molecule has 0 spiro atoms. The Balaban J connectivity index is 1.64. The molecule has 4 heteroatoms. The molecule has 0 bridgehead atoms. The maximum atomic E-state index is 11.0. The fourth-order valence-corrected chi connectivity index (χ4v) is 3.71. The Labute approximate surface area is 122 Å². The van der Waals surface area contributed by atoms with Gasteiger partial charge in [0.05, 0.1) is 0 Å². The van der Waals surface area contributed by atoms with Crippen molar-refractivity contribution in [3.05, 3.63) is 57.3 Å². The summed E-state index contributed by atoms with van der Waals surface area (Å²) in [5.74, 6) is -0.375. The van der Waals surface area contributed by atoms with Gasteiger partial charge in [-0.25, -0.2) is 0 Å². The molecule has 1 heterocycles. The maximum absolute atomic E-state index is 11.0. The fraction of sp³-hybridized carbons (Fsp3) is 0.312. The molecule has 1 atom stereocenters. The second kappa shape index (κ2) is 5.77. The second-order valence-electron chi connectivity index (χ2n) is 5.19. The molecule has 1 aromatic carbocycles. The predicted octanol–water partition coefficient (Wildman–Crippen LogP) is 3.01. The van der Waals surface area contributed by atoms with Crippen LogP contribution in [0.2, 0.25) is 0 Å². The van der Waals surface area contributed by atoms with Crippen LogP contribution in [0.3, 0.4) is 0 Å². The number of nitrogens with one attached hydrogen (secondary N) is 1. The van der Waals surface area contributed by atoms with E-state index in [2.05, 4.69) is 16.8 Å². The van der Waals surface area contributed by atoms with Crippen molar-refractivity contribution in [2.45, 2.75) is 31.8 Å². The summed E-state index contributed by atoms with van der Waals surface area (Å²) in [4.78, 5) is 12.6. The molecule has 1 amide bonds. The van der Waals surface area contributed by atoms with Gasteiger partial charge in [-0.15, -0.1) is 11.3 Å². The summed E-state index contributed by atoms with van der Waals surface area (Å²) in [6, 6.07) is 10.2. The SMILES string of the molecule is NC(=O)c1ccc(CNC2CCCc3sccc32)cc1. The molecule has 3 rings (SSSR count). The highest BCUT2D eigenvalue weighted by Crippen LogP contribution is 2.33. The van der Waals surface area contributed by atoms with Crippen LogP contribution in [-0.4, -0.2) is 5.91 Å². The van der Waals surface area contributed by atoms with Crippen LogP contribution in [0.4, 0.5) is 0 Å². The van der Waals surface area contributed by atoms with Gasteiger partial charge in [0.1, 0.15) is 0 Å². The zero-order valence-electron chi connectivity index (χ0n) is 11.3. The second-order valence-corrected chi connectivity index (χ2v) is 6.19. The number of amides is 1. The number of fused-ring (bicyclic) bond motifs is 1. The van der Waals surface area contributed by atoms with Gasteiger partial charge in [-0.2, -0.15) is 0 Å². The molecule has 0 saturated heterocycles. The molecule has 2 aromatic rings. The van der Waals surface area contributed by atoms with E-state index in [1.807, 2.05) is 23.5 Å². The van der Waals surface area contributed by atoms with Gasteiger partial charge >= 0.3 is 0 Å². The van der Waals surface area contributed by atoms with E-state index in [0.717, 1.165) is 6.54 Å². The van der Waals surface area contributed by atoms with Crippen LogP contribution in [0.1, 0.15) is 45.2 Å². The average Bonchev–Trinajstić information content (AvgIpc) is 2.94. The van der Waals surface area contributed by atoms with Crippen molar-refractivity contribution >= 4 is 17.2 Å². The molecule has 1 aliphatic rings. The van der Waals surface area contributed by atoms with Gasteiger partial charge in [-0.1, -0.05) is 12.1 Å². The molecular weight excluding hydrogens is 268 g/mol. The molecule has 1 aliphatic carbocycles. The van der Waals surface area contributed by atoms with E-state index >= 15 is 0 Å². The molecule has 3 N–H and O–H groups in total. The first kappa shape index (κ1) is 13.3. The molecule has 1 aromatic heterocycles. The maximum Gasteiger partial charge on any atom is 0.248 e. The highest BCUT2D eigenvalue weighted by atomic mass is 32.1. The Kier molecular flexibility index (Phi) is 3.85. The van der Waals surface area contributed by atoms with Gasteiger partial charge in [-0.3, -0.25) is 4.79 Å². The first-order valence-corrected chi connectivity index (χ1v) is 7.80. The van der Waals surface area contributed by atoms with Crippen LogP contribution in [0.5, 0.6) is 0 Å². The van der Waals surface area contributed by atoms with Crippen LogP contribution in [0.25, 0.3) is 0 Å². The molecule has 0 saturated carbocycles. The third kappa shape index (κ3) is 2.76. The molecule has 0 fully saturated rings. The number of thiophene rings is 1. The van der Waals surface area contributed by atoms with E-state index in [1.165, 1.54) is 35.3 Å². The standard InChI is InChI=1S/C16H18N2OS/c17-16(19)12-6-4-11(5-7-12)10-18-14-2-1-3-15-13(14)8-9-20-15/h4-9,14,18H,1-3,10H2,(H2,17,19). The minimum Gasteiger partial charge on any atom is -0.366 e. The van der Waals surface area contributed by atoms with Gasteiger partial charge in [0, 0.05) is 23.0 Å². The summed E-state index contributed by atoms with van der Waals surface area (Å²) in [6.07, 6.45) is 3.67. The largest absolute Gasteiger partial charge is 0.366 e. The number of nitrogens with two attached hydrogens (primary N) is 1. The van der Waals surface area contributed by atoms with Crippen molar-refractivity contribution in [2.24, 2.45) is 5.73 Å². The molecule has 3 nitrogen and oxygen atoms in total. The fourth-order valence-electron chi connectivity index (χ4n) is 2.73. The van der Waals surface area contributed by atoms with Gasteiger partial charge < -0.3 is 11.1 Å². The number of hydrogen-bond acceptors (Lipinski definition) is 3. The van der Waals surface area contributed by atoms with Crippen LogP contribution >= 0.6 is 11.3 Å². The van der Waals surface area contributed by atoms with Gasteiger partial charge in [0.25, 0.3) is 0 Å². The first-order chi connectivity index (χ1) is 9.74. The Morgan fingerprint density at radius 3 is 2.85 bits per heavy atom. The van der Waals surface area contributed by atoms with Crippen LogP contribution in [0.15, 0.2) is 35.7 Å². The minimum atomic E-state index is -0.375. The Bertz CT molecular complexity index is 603. The number of carbonyl (C=O) groups excluding carboxylic acids is 1. The number of rotatable bonds is 4. The summed E-state index contributed by atoms with van der Waals surface area (Å²) < 4.78 is 0. The quantitative estimate of drug-likeness (QED) is 0.907. The first-order valence-electron chi connectivity index (χ1n) is 6.92. The third-order valence-corrected chi connectivity index (χ3v) is 4.84. The van der Waals surface area contributed by atoms with E-state index in [4.69, 9.17) is 5.73 Å². The predicted molar refractivity (Wildman–Crippen MR) is 81.8 cm³/mol. The monoisotopic (exact) mass is 286 g/mol. The zero-order valence-corrected chi connectivity index (χ0v) is 12.1. The molecule has 104 valence electrons. The Hall–Kier alpha value is -1.65. The van der Waals surface area contributed by atoms with Crippen molar-refractivity contribution in [1.82, 2.24) is 5.32 Å². The van der Waals surface area contributed by atoms with Crippen molar-refractivity contribution < 1.29 is 4.79 Å². The summed E-state index contributed by atoms with van der Waals surface area (Å²) >= 11 is 1.86. The lowest BCUT2D eigenvalue weighted by Gasteiger charge is -2.23. The number of primary amides is 1. The summed E-state index contributed by atoms with van der Waals surface area (Å²) in [5.41, 5.74) is 8.45. The van der Waals surface area contributed by atoms with Crippen LogP contribution < -0.4 is 11.1 Å². The van der Waals surface area contributed by atoms with E-state index in [0.29, 0.717) is 11.6 Å². The average molecular weight is 286 g/mol. The van der Waals surface area contributed by atoms with E-state index in [9.17, 15) is 4.79 Å². The Morgan fingerprint density at radius 2 is 2.10 bits per heavy atom. The summed E-state index contributed by atoms with van der Waals surface area (Å²) in [7, 11) is 0. The molecule has 1 unspecified atom stereocenters. The van der Waals surface area contributed by atoms with Crippen molar-refractivity contribution in [2.75, 3.05) is 0 Å². The lowest BCUT2D eigenvalue weighted by atomic mass is 9.94. The van der Waals surface area contributed by atoms with Crippen molar-refractivity contribution in [1.29, 1.82) is 0 Å². The number of benzene rings is 1. The highest BCUT2D eigenvalue weighted by molar-refractivity contribution is 7.10. The zero-order chi connectivity index (χ0) is 13.9. The molecule has 0 aliphatic heterocycles. The van der Waals surface area contributed by atoms with Gasteiger partial charge in [0.2, 0.25) is 5.91 Å². The smallest absolute Gasteiger partial charge is 0.248 e. The van der Waals surface area contributed by atoms with E-state index < -0.39 is 0 Å². The molecular formula is C16H18N2OS. The molecule has 20 heavy (non-hydrogen) atoms. The third-order valence-electron chi connectivity index (χ3n) is 3.84.